The molecule has 1 saturated carbocycles. The zero-order chi connectivity index (χ0) is 17.6. The number of hydrogen-bond acceptors (Lipinski definition) is 4. The fourth-order valence-electron chi connectivity index (χ4n) is 3.46. The molecule has 25 heavy (non-hydrogen) atoms. The summed E-state index contributed by atoms with van der Waals surface area (Å²) in [6.07, 6.45) is 8.03. The molecule has 1 aliphatic carbocycles. The average molecular weight is 344 g/mol. The smallest absolute Gasteiger partial charge is 0.255 e. The van der Waals surface area contributed by atoms with Gasteiger partial charge in [-0.15, -0.1) is 0 Å². The maximum Gasteiger partial charge on any atom is 0.255 e. The molecule has 1 heterocycles. The van der Waals surface area contributed by atoms with Crippen molar-refractivity contribution in [1.29, 1.82) is 0 Å². The van der Waals surface area contributed by atoms with Gasteiger partial charge in [0.15, 0.2) is 6.61 Å². The number of primary amides is 1. The molecule has 6 heteroatoms. The first-order valence-corrected chi connectivity index (χ1v) is 8.75. The number of amides is 2. The number of carbonyl (C=O) groups excluding carboxylic acids is 2. The number of nitrogens with zero attached hydrogens (tertiary/aromatic N) is 1. The van der Waals surface area contributed by atoms with Crippen molar-refractivity contribution in [2.45, 2.75) is 37.8 Å². The summed E-state index contributed by atoms with van der Waals surface area (Å²) in [5.74, 6) is 0.0934. The van der Waals surface area contributed by atoms with Crippen LogP contribution in [0.5, 0.6) is 5.75 Å². The Bertz CT molecular complexity index is 639. The molecule has 2 N–H and O–H groups in total. The van der Waals surface area contributed by atoms with E-state index in [4.69, 9.17) is 15.2 Å². The van der Waals surface area contributed by atoms with Crippen LogP contribution in [0.25, 0.3) is 6.08 Å². The normalized spacial score (nSPS) is 23.3. The first-order chi connectivity index (χ1) is 12.1. The van der Waals surface area contributed by atoms with Crippen molar-refractivity contribution in [3.8, 4) is 5.75 Å². The topological polar surface area (TPSA) is 81.9 Å². The quantitative estimate of drug-likeness (QED) is 0.825. The zero-order valence-corrected chi connectivity index (χ0v) is 14.2. The van der Waals surface area contributed by atoms with Crippen LogP contribution >= 0.6 is 0 Å². The van der Waals surface area contributed by atoms with Crippen molar-refractivity contribution in [3.05, 3.63) is 35.9 Å². The number of carbonyl (C=O) groups is 2. The fraction of sp³-hybridized carbons (Fsp3) is 0.474. The number of morpholine rings is 1. The SMILES string of the molecule is NC(=O)COc1ccc(C=CC(=O)N2CCOC3CCCCC32)cc1. The molecular formula is C19H24N2O4. The van der Waals surface area contributed by atoms with Crippen molar-refractivity contribution in [3.63, 3.8) is 0 Å². The number of hydrogen-bond donors (Lipinski definition) is 1. The second-order valence-electron chi connectivity index (χ2n) is 6.45. The minimum absolute atomic E-state index is 0.0363. The van der Waals surface area contributed by atoms with Gasteiger partial charge in [-0.3, -0.25) is 9.59 Å². The number of rotatable bonds is 5. The van der Waals surface area contributed by atoms with Gasteiger partial charge in [0.2, 0.25) is 5.91 Å². The standard InChI is InChI=1S/C19H24N2O4/c20-18(22)13-25-15-8-5-14(6-9-15)7-10-19(23)21-11-12-24-17-4-2-1-3-16(17)21/h5-10,16-17H,1-4,11-13H2,(H2,20,22). The molecular weight excluding hydrogens is 320 g/mol. The maximum atomic E-state index is 12.6. The van der Waals surface area contributed by atoms with E-state index in [1.807, 2.05) is 17.0 Å². The van der Waals surface area contributed by atoms with E-state index in [-0.39, 0.29) is 24.7 Å². The molecule has 2 amide bonds. The number of benzene rings is 1. The van der Waals surface area contributed by atoms with Gasteiger partial charge in [-0.1, -0.05) is 25.0 Å². The molecule has 0 aromatic heterocycles. The highest BCUT2D eigenvalue weighted by Crippen LogP contribution is 2.28. The van der Waals surface area contributed by atoms with Crippen molar-refractivity contribution in [2.24, 2.45) is 5.73 Å². The molecule has 0 bridgehead atoms. The van der Waals surface area contributed by atoms with Crippen molar-refractivity contribution in [2.75, 3.05) is 19.8 Å². The van der Waals surface area contributed by atoms with Gasteiger partial charge in [0, 0.05) is 12.6 Å². The fourth-order valence-corrected chi connectivity index (χ4v) is 3.46. The second kappa shape index (κ2) is 8.16. The molecule has 1 aromatic carbocycles. The molecule has 1 saturated heterocycles. The Labute approximate surface area is 147 Å². The Morgan fingerprint density at radius 3 is 2.76 bits per heavy atom. The van der Waals surface area contributed by atoms with E-state index < -0.39 is 5.91 Å². The molecule has 1 aromatic rings. The lowest BCUT2D eigenvalue weighted by Crippen LogP contribution is -2.54. The van der Waals surface area contributed by atoms with Crippen LogP contribution in [0.1, 0.15) is 31.2 Å². The molecule has 0 spiro atoms. The maximum absolute atomic E-state index is 12.6. The van der Waals surface area contributed by atoms with E-state index in [0.717, 1.165) is 24.8 Å². The van der Waals surface area contributed by atoms with Gasteiger partial charge in [-0.2, -0.15) is 0 Å². The first kappa shape index (κ1) is 17.5. The highest BCUT2D eigenvalue weighted by atomic mass is 16.5. The van der Waals surface area contributed by atoms with Gasteiger partial charge in [-0.05, 0) is 36.6 Å². The van der Waals surface area contributed by atoms with Crippen LogP contribution in [0.4, 0.5) is 0 Å². The third kappa shape index (κ3) is 4.60. The van der Waals surface area contributed by atoms with Gasteiger partial charge in [0.25, 0.3) is 5.91 Å². The van der Waals surface area contributed by atoms with Crippen LogP contribution < -0.4 is 10.5 Å². The molecule has 134 valence electrons. The van der Waals surface area contributed by atoms with Gasteiger partial charge < -0.3 is 20.1 Å². The van der Waals surface area contributed by atoms with Gasteiger partial charge in [-0.25, -0.2) is 0 Å². The van der Waals surface area contributed by atoms with Crippen LogP contribution in [0, 0.1) is 0 Å². The van der Waals surface area contributed by atoms with Crippen molar-refractivity contribution in [1.82, 2.24) is 4.90 Å². The largest absolute Gasteiger partial charge is 0.484 e. The summed E-state index contributed by atoms with van der Waals surface area (Å²) in [6, 6.07) is 7.38. The van der Waals surface area contributed by atoms with E-state index in [1.54, 1.807) is 24.3 Å². The lowest BCUT2D eigenvalue weighted by Gasteiger charge is -2.43. The highest BCUT2D eigenvalue weighted by molar-refractivity contribution is 5.92. The summed E-state index contributed by atoms with van der Waals surface area (Å²) < 4.78 is 11.0. The first-order valence-electron chi connectivity index (χ1n) is 8.75. The van der Waals surface area contributed by atoms with Crippen LogP contribution in [0.15, 0.2) is 30.3 Å². The molecule has 6 nitrogen and oxygen atoms in total. The zero-order valence-electron chi connectivity index (χ0n) is 14.2. The van der Waals surface area contributed by atoms with Crippen LogP contribution in [-0.2, 0) is 14.3 Å². The minimum atomic E-state index is -0.513. The molecule has 0 radical (unpaired) electrons. The van der Waals surface area contributed by atoms with E-state index in [1.165, 1.54) is 6.42 Å². The summed E-state index contributed by atoms with van der Waals surface area (Å²) >= 11 is 0. The predicted molar refractivity (Wildman–Crippen MR) is 93.9 cm³/mol. The summed E-state index contributed by atoms with van der Waals surface area (Å²) in [6.45, 7) is 1.13. The molecule has 2 atom stereocenters. The third-order valence-corrected chi connectivity index (χ3v) is 4.69. The summed E-state index contributed by atoms with van der Waals surface area (Å²) in [5, 5.41) is 0. The van der Waals surface area contributed by atoms with E-state index in [9.17, 15) is 9.59 Å². The molecule has 1 aliphatic heterocycles. The number of nitrogens with two attached hydrogens (primary N) is 1. The van der Waals surface area contributed by atoms with E-state index in [0.29, 0.717) is 18.9 Å². The highest BCUT2D eigenvalue weighted by Gasteiger charge is 2.35. The average Bonchev–Trinajstić information content (AvgIpc) is 2.64. The van der Waals surface area contributed by atoms with Crippen LogP contribution in [-0.4, -0.2) is 48.6 Å². The summed E-state index contributed by atoms with van der Waals surface area (Å²) in [4.78, 5) is 25.2. The predicted octanol–water partition coefficient (Wildman–Crippen LogP) is 1.73. The van der Waals surface area contributed by atoms with E-state index >= 15 is 0 Å². The molecule has 2 unspecified atom stereocenters. The lowest BCUT2D eigenvalue weighted by atomic mass is 9.90. The third-order valence-electron chi connectivity index (χ3n) is 4.69. The summed E-state index contributed by atoms with van der Waals surface area (Å²) in [7, 11) is 0. The van der Waals surface area contributed by atoms with Gasteiger partial charge in [0.05, 0.1) is 18.8 Å². The Kier molecular flexibility index (Phi) is 5.71. The lowest BCUT2D eigenvalue weighted by molar-refractivity contribution is -0.144. The Hall–Kier alpha value is -2.34. The molecule has 3 rings (SSSR count). The van der Waals surface area contributed by atoms with E-state index in [2.05, 4.69) is 0 Å². The van der Waals surface area contributed by atoms with Crippen molar-refractivity contribution < 1.29 is 19.1 Å². The Morgan fingerprint density at radius 2 is 2.00 bits per heavy atom. The Morgan fingerprint density at radius 1 is 1.24 bits per heavy atom. The minimum Gasteiger partial charge on any atom is -0.484 e. The number of ether oxygens (including phenoxy) is 2. The monoisotopic (exact) mass is 344 g/mol. The second-order valence-corrected chi connectivity index (χ2v) is 6.45. The van der Waals surface area contributed by atoms with Gasteiger partial charge >= 0.3 is 0 Å². The van der Waals surface area contributed by atoms with Crippen LogP contribution in [0.2, 0.25) is 0 Å². The Balaban J connectivity index is 1.59. The molecule has 2 fully saturated rings. The summed E-state index contributed by atoms with van der Waals surface area (Å²) in [5.41, 5.74) is 5.94. The number of fused-ring (bicyclic) bond motifs is 1. The van der Waals surface area contributed by atoms with Crippen LogP contribution in [0.3, 0.4) is 0 Å². The molecule has 2 aliphatic rings. The van der Waals surface area contributed by atoms with Crippen molar-refractivity contribution >= 4 is 17.9 Å². The van der Waals surface area contributed by atoms with Gasteiger partial charge in [0.1, 0.15) is 5.75 Å².